The van der Waals surface area contributed by atoms with Gasteiger partial charge in [-0.25, -0.2) is 14.4 Å². The molecule has 14 heteroatoms. The first kappa shape index (κ1) is 44.8. The molecule has 0 aromatic heterocycles. The molecule has 0 aliphatic carbocycles. The molecule has 2 fully saturated rings. The van der Waals surface area contributed by atoms with Crippen LogP contribution >= 0.6 is 0 Å². The van der Waals surface area contributed by atoms with Gasteiger partial charge in [-0.3, -0.25) is 0 Å². The third-order valence-corrected chi connectivity index (χ3v) is 9.12. The fourth-order valence-corrected chi connectivity index (χ4v) is 6.44. The normalized spacial score (nSPS) is 26.5. The number of carbonyl (C=O) groups is 3. The predicted molar refractivity (Wildman–Crippen MR) is 213 cm³/mol. The van der Waals surface area contributed by atoms with Crippen LogP contribution in [0.1, 0.15) is 31.1 Å². The second kappa shape index (κ2) is 23.3. The highest BCUT2D eigenvalue weighted by Gasteiger charge is 2.54. The number of aliphatic hydroxyl groups is 1. The molecule has 59 heavy (non-hydrogen) atoms. The molecule has 0 radical (unpaired) electrons. The summed E-state index contributed by atoms with van der Waals surface area (Å²) >= 11 is 0. The van der Waals surface area contributed by atoms with Crippen molar-refractivity contribution in [2.45, 2.75) is 61.4 Å². The van der Waals surface area contributed by atoms with Crippen molar-refractivity contribution in [1.82, 2.24) is 0 Å². The first-order valence-electron chi connectivity index (χ1n) is 19.0. The van der Waals surface area contributed by atoms with Gasteiger partial charge in [0.2, 0.25) is 0 Å². The highest BCUT2D eigenvalue weighted by atomic mass is 16.7. The summed E-state index contributed by atoms with van der Waals surface area (Å²) in [5.41, 5.74) is 0.447. The molecule has 3 aromatic carbocycles. The molecule has 10 atom stereocenters. The van der Waals surface area contributed by atoms with E-state index in [4.69, 9.17) is 47.4 Å². The molecule has 3 aromatic rings. The Morgan fingerprint density at radius 3 is 1.41 bits per heavy atom. The van der Waals surface area contributed by atoms with Gasteiger partial charge >= 0.3 is 17.9 Å². The highest BCUT2D eigenvalue weighted by molar-refractivity contribution is 5.91. The van der Waals surface area contributed by atoms with Gasteiger partial charge in [0.05, 0.1) is 56.3 Å². The Bertz CT molecular complexity index is 1800. The maximum atomic E-state index is 13.8. The third-order valence-electron chi connectivity index (χ3n) is 9.12. The first-order chi connectivity index (χ1) is 28.8. The number of aliphatic hydroxyl groups excluding tert-OH is 1. The maximum Gasteiger partial charge on any atom is 0.338 e. The van der Waals surface area contributed by atoms with E-state index in [1.165, 1.54) is 36.4 Å². The van der Waals surface area contributed by atoms with Gasteiger partial charge in [-0.1, -0.05) is 78.9 Å². The van der Waals surface area contributed by atoms with Crippen LogP contribution in [0.3, 0.4) is 0 Å². The van der Waals surface area contributed by atoms with Crippen molar-refractivity contribution in [2.75, 3.05) is 39.6 Å². The Balaban J connectivity index is 1.51. The lowest BCUT2D eigenvalue weighted by molar-refractivity contribution is -0.335. The summed E-state index contributed by atoms with van der Waals surface area (Å²) in [6.45, 7) is 15.2. The Labute approximate surface area is 343 Å². The van der Waals surface area contributed by atoms with Gasteiger partial charge in [-0.2, -0.15) is 0 Å². The summed E-state index contributed by atoms with van der Waals surface area (Å²) in [4.78, 5) is 40.9. The number of hydrogen-bond acceptors (Lipinski definition) is 14. The largest absolute Gasteiger partial charge is 0.452 e. The molecule has 0 bridgehead atoms. The smallest absolute Gasteiger partial charge is 0.338 e. The molecule has 1 N–H and O–H groups in total. The molecule has 0 spiro atoms. The maximum absolute atomic E-state index is 13.8. The Hall–Kier alpha value is -5.29. The van der Waals surface area contributed by atoms with E-state index in [0.29, 0.717) is 0 Å². The van der Waals surface area contributed by atoms with Crippen LogP contribution in [0.5, 0.6) is 0 Å². The lowest BCUT2D eigenvalue weighted by Crippen LogP contribution is -2.64. The van der Waals surface area contributed by atoms with E-state index in [1.807, 2.05) is 0 Å². The first-order valence-corrected chi connectivity index (χ1v) is 19.0. The Morgan fingerprint density at radius 1 is 0.492 bits per heavy atom. The number of rotatable bonds is 22. The quantitative estimate of drug-likeness (QED) is 0.0621. The van der Waals surface area contributed by atoms with E-state index < -0.39 is 85.9 Å². The van der Waals surface area contributed by atoms with Gasteiger partial charge in [0.15, 0.2) is 30.9 Å². The predicted octanol–water partition coefficient (Wildman–Crippen LogP) is 5.04. The van der Waals surface area contributed by atoms with Gasteiger partial charge in [-0.05, 0) is 36.4 Å². The standard InChI is InChI=1S/C45H50O14/c1-5-24-50-28-33-35(51-25-6-2)37(52-26-7-3)40(53-27-8-4)45(56-33)54-29-34-36(57-41(46)30-18-12-9-13-19-30)38(58-42(47)31-20-14-10-15-21-31)39(44(49)55-34)59-43(48)32-22-16-11-17-23-32/h5-23,33-40,44-45,49H,1-4,24-29H2/t33-,34-,35-,36-,37+,38+,39-,40-,44+,45-/m1/s1. The van der Waals surface area contributed by atoms with E-state index >= 15 is 0 Å². The fraction of sp³-hybridized carbons (Fsp3) is 0.356. The molecule has 2 aliphatic heterocycles. The van der Waals surface area contributed by atoms with Crippen LogP contribution in [0.4, 0.5) is 0 Å². The third kappa shape index (κ3) is 12.4. The van der Waals surface area contributed by atoms with E-state index in [9.17, 15) is 19.5 Å². The number of ether oxygens (including phenoxy) is 10. The van der Waals surface area contributed by atoms with Crippen LogP contribution in [-0.4, -0.2) is 124 Å². The molecular weight excluding hydrogens is 764 g/mol. The molecule has 0 saturated carbocycles. The second-order valence-corrected chi connectivity index (χ2v) is 13.2. The molecular formula is C45H50O14. The van der Waals surface area contributed by atoms with Crippen molar-refractivity contribution in [1.29, 1.82) is 0 Å². The lowest BCUT2D eigenvalue weighted by atomic mass is 9.97. The Morgan fingerprint density at radius 2 is 0.915 bits per heavy atom. The van der Waals surface area contributed by atoms with E-state index in [2.05, 4.69) is 26.3 Å². The zero-order valence-corrected chi connectivity index (χ0v) is 32.6. The zero-order chi connectivity index (χ0) is 42.0. The average Bonchev–Trinajstić information content (AvgIpc) is 3.26. The van der Waals surface area contributed by atoms with Gasteiger partial charge < -0.3 is 52.5 Å². The van der Waals surface area contributed by atoms with E-state index in [1.54, 1.807) is 78.9 Å². The summed E-state index contributed by atoms with van der Waals surface area (Å²) < 4.78 is 61.0. The number of esters is 3. The number of benzene rings is 3. The van der Waals surface area contributed by atoms with Gasteiger partial charge in [0.25, 0.3) is 0 Å². The summed E-state index contributed by atoms with van der Waals surface area (Å²) in [5, 5.41) is 11.5. The minimum Gasteiger partial charge on any atom is -0.452 e. The van der Waals surface area contributed by atoms with E-state index in [-0.39, 0.29) is 49.7 Å². The van der Waals surface area contributed by atoms with Crippen molar-refractivity contribution >= 4 is 17.9 Å². The van der Waals surface area contributed by atoms with Crippen molar-refractivity contribution < 1.29 is 66.9 Å². The minimum absolute atomic E-state index is 0.0394. The monoisotopic (exact) mass is 814 g/mol. The molecule has 2 aliphatic rings. The molecule has 0 unspecified atom stereocenters. The molecule has 314 valence electrons. The summed E-state index contributed by atoms with van der Waals surface area (Å²) in [6.07, 6.45) is -6.30. The lowest BCUT2D eigenvalue weighted by Gasteiger charge is -2.46. The van der Waals surface area contributed by atoms with Gasteiger partial charge in [-0.15, -0.1) is 26.3 Å². The molecule has 2 saturated heterocycles. The van der Waals surface area contributed by atoms with Crippen LogP contribution in [0, 0.1) is 0 Å². The van der Waals surface area contributed by atoms with Crippen molar-refractivity contribution in [2.24, 2.45) is 0 Å². The van der Waals surface area contributed by atoms with Gasteiger partial charge in [0.1, 0.15) is 30.5 Å². The van der Waals surface area contributed by atoms with Crippen LogP contribution in [0.25, 0.3) is 0 Å². The van der Waals surface area contributed by atoms with Crippen LogP contribution in [-0.2, 0) is 47.4 Å². The number of hydrogen-bond donors (Lipinski definition) is 1. The summed E-state index contributed by atoms with van der Waals surface area (Å²) in [7, 11) is 0. The number of carbonyl (C=O) groups excluding carboxylic acids is 3. The molecule has 2 heterocycles. The van der Waals surface area contributed by atoms with E-state index in [0.717, 1.165) is 0 Å². The second-order valence-electron chi connectivity index (χ2n) is 13.2. The van der Waals surface area contributed by atoms with Crippen molar-refractivity contribution in [3.63, 3.8) is 0 Å². The minimum atomic E-state index is -1.91. The topological polar surface area (TPSA) is 164 Å². The van der Waals surface area contributed by atoms with Gasteiger partial charge in [0, 0.05) is 0 Å². The summed E-state index contributed by atoms with van der Waals surface area (Å²) in [5.74, 6) is -2.53. The van der Waals surface area contributed by atoms with Crippen molar-refractivity contribution in [3.8, 4) is 0 Å². The zero-order valence-electron chi connectivity index (χ0n) is 32.6. The van der Waals surface area contributed by atoms with Crippen LogP contribution in [0.15, 0.2) is 142 Å². The van der Waals surface area contributed by atoms with Crippen molar-refractivity contribution in [3.05, 3.63) is 158 Å². The fourth-order valence-electron chi connectivity index (χ4n) is 6.44. The SMILES string of the molecule is C=CCOC[C@H]1O[C@@H](OC[C@H]2O[C@H](O)[C@H](OC(=O)c3ccccc3)[C@@H](OC(=O)c3ccccc3)[C@@H]2OC(=O)c2ccccc2)[C@H](OCC=C)[C@@H](OCC=C)[C@@H]1OCC=C. The van der Waals surface area contributed by atoms with Crippen LogP contribution < -0.4 is 0 Å². The molecule has 0 amide bonds. The average molecular weight is 815 g/mol. The highest BCUT2D eigenvalue weighted by Crippen LogP contribution is 2.33. The Kier molecular flexibility index (Phi) is 17.7. The van der Waals surface area contributed by atoms with Crippen LogP contribution in [0.2, 0.25) is 0 Å². The molecule has 14 nitrogen and oxygen atoms in total. The summed E-state index contributed by atoms with van der Waals surface area (Å²) in [6, 6.07) is 24.1. The molecule has 5 rings (SSSR count).